The molecule has 4 rings (SSSR count). The first-order chi connectivity index (χ1) is 13.6. The summed E-state index contributed by atoms with van der Waals surface area (Å²) in [5, 5.41) is 9.83. The molecule has 28 heavy (non-hydrogen) atoms. The minimum Gasteiger partial charge on any atom is -0.508 e. The Labute approximate surface area is 163 Å². The van der Waals surface area contributed by atoms with Crippen molar-refractivity contribution in [1.82, 2.24) is 0 Å². The number of carbonyl (C=O) groups excluding carboxylic acids is 1. The van der Waals surface area contributed by atoms with E-state index in [1.807, 2.05) is 61.5 Å². The van der Waals surface area contributed by atoms with Crippen LogP contribution in [0.15, 0.2) is 72.3 Å². The van der Waals surface area contributed by atoms with Gasteiger partial charge in [0.1, 0.15) is 17.2 Å². The van der Waals surface area contributed by atoms with E-state index in [0.717, 1.165) is 22.4 Å². The van der Waals surface area contributed by atoms with Crippen LogP contribution in [0.5, 0.6) is 17.2 Å². The summed E-state index contributed by atoms with van der Waals surface area (Å²) in [6.45, 7) is 2.00. The quantitative estimate of drug-likeness (QED) is 0.649. The lowest BCUT2D eigenvalue weighted by atomic mass is 9.88. The molecule has 0 fully saturated rings. The van der Waals surface area contributed by atoms with Crippen molar-refractivity contribution in [2.24, 2.45) is 0 Å². The molecule has 4 nitrogen and oxygen atoms in total. The Balaban J connectivity index is 1.86. The molecule has 0 saturated heterocycles. The summed E-state index contributed by atoms with van der Waals surface area (Å²) < 4.78 is 11.4. The number of methoxy groups -OCH3 is 1. The zero-order valence-electron chi connectivity index (χ0n) is 15.7. The largest absolute Gasteiger partial charge is 0.508 e. The second kappa shape index (κ2) is 7.24. The monoisotopic (exact) mass is 372 g/mol. The first-order valence-electron chi connectivity index (χ1n) is 9.02. The molecule has 0 amide bonds. The smallest absolute Gasteiger partial charge is 0.196 e. The fourth-order valence-corrected chi connectivity index (χ4v) is 3.40. The van der Waals surface area contributed by atoms with E-state index in [0.29, 0.717) is 16.9 Å². The summed E-state index contributed by atoms with van der Waals surface area (Å²) in [6.07, 6.45) is 1.32. The molecular formula is C24H20O4. The number of aryl methyl sites for hydroxylation is 1. The Kier molecular flexibility index (Phi) is 4.62. The zero-order chi connectivity index (χ0) is 19.7. The maximum atomic E-state index is 13.3. The van der Waals surface area contributed by atoms with Crippen molar-refractivity contribution in [1.29, 1.82) is 0 Å². The topological polar surface area (TPSA) is 55.8 Å². The number of Topliss-reactive ketones (excluding diaryl/α,β-unsaturated/α-hetero) is 1. The summed E-state index contributed by atoms with van der Waals surface area (Å²) in [5.74, 6) is 1.11. The third-order valence-electron chi connectivity index (χ3n) is 4.91. The highest BCUT2D eigenvalue weighted by Gasteiger charge is 2.33. The zero-order valence-corrected chi connectivity index (χ0v) is 15.7. The Morgan fingerprint density at radius 2 is 1.79 bits per heavy atom. The van der Waals surface area contributed by atoms with E-state index in [9.17, 15) is 9.90 Å². The van der Waals surface area contributed by atoms with Crippen molar-refractivity contribution in [2.45, 2.75) is 13.0 Å². The van der Waals surface area contributed by atoms with Crippen molar-refractivity contribution in [3.05, 3.63) is 94.6 Å². The summed E-state index contributed by atoms with van der Waals surface area (Å²) in [5.41, 5.74) is 3.74. The number of rotatable bonds is 3. The molecule has 1 unspecified atom stereocenters. The average molecular weight is 372 g/mol. The first kappa shape index (κ1) is 17.9. The Hall–Kier alpha value is -3.53. The maximum absolute atomic E-state index is 13.3. The predicted molar refractivity (Wildman–Crippen MR) is 108 cm³/mol. The van der Waals surface area contributed by atoms with Gasteiger partial charge in [-0.05, 0) is 60.0 Å². The summed E-state index contributed by atoms with van der Waals surface area (Å²) >= 11 is 0. The van der Waals surface area contributed by atoms with Crippen molar-refractivity contribution >= 4 is 11.9 Å². The van der Waals surface area contributed by atoms with Crippen LogP contribution in [0.2, 0.25) is 0 Å². The fourth-order valence-electron chi connectivity index (χ4n) is 3.40. The van der Waals surface area contributed by atoms with Gasteiger partial charge in [0, 0.05) is 5.57 Å². The Morgan fingerprint density at radius 3 is 2.50 bits per heavy atom. The van der Waals surface area contributed by atoms with Crippen LogP contribution >= 0.6 is 0 Å². The van der Waals surface area contributed by atoms with Crippen molar-refractivity contribution < 1.29 is 19.4 Å². The van der Waals surface area contributed by atoms with E-state index < -0.39 is 6.10 Å². The van der Waals surface area contributed by atoms with Crippen LogP contribution < -0.4 is 9.47 Å². The van der Waals surface area contributed by atoms with E-state index in [-0.39, 0.29) is 11.5 Å². The molecule has 0 aromatic heterocycles. The minimum absolute atomic E-state index is 0.0360. The number of ether oxygens (including phenoxy) is 2. The number of phenols is 1. The van der Waals surface area contributed by atoms with Gasteiger partial charge in [-0.1, -0.05) is 36.4 Å². The van der Waals surface area contributed by atoms with Gasteiger partial charge in [0.15, 0.2) is 11.9 Å². The van der Waals surface area contributed by atoms with Gasteiger partial charge in [0.25, 0.3) is 0 Å². The lowest BCUT2D eigenvalue weighted by Gasteiger charge is -2.29. The van der Waals surface area contributed by atoms with Crippen LogP contribution in [0.1, 0.15) is 33.2 Å². The minimum atomic E-state index is -0.521. The normalized spacial score (nSPS) is 17.1. The molecule has 0 aliphatic carbocycles. The molecule has 1 heterocycles. The SMILES string of the molecule is COc1ccc(C=C2C(=O)c3cc(O)ccc3OC2c2ccccc2C)cc1. The van der Waals surface area contributed by atoms with Crippen molar-refractivity contribution in [3.8, 4) is 17.2 Å². The molecule has 1 N–H and O–H groups in total. The molecule has 0 radical (unpaired) electrons. The van der Waals surface area contributed by atoms with Gasteiger partial charge in [-0.25, -0.2) is 0 Å². The lowest BCUT2D eigenvalue weighted by molar-refractivity contribution is 0.0962. The number of carbonyl (C=O) groups is 1. The average Bonchev–Trinajstić information content (AvgIpc) is 2.71. The third kappa shape index (κ3) is 3.25. The molecule has 3 aromatic carbocycles. The van der Waals surface area contributed by atoms with Crippen LogP contribution in [0, 0.1) is 6.92 Å². The standard InChI is InChI=1S/C24H20O4/c1-15-5-3-4-6-19(15)24-21(13-16-7-10-18(27-2)11-8-16)23(26)20-14-17(25)9-12-22(20)28-24/h3-14,24-25H,1-2H3. The highest BCUT2D eigenvalue weighted by Crippen LogP contribution is 2.41. The number of phenolic OH excluding ortho intramolecular Hbond substituents is 1. The second-order valence-corrected chi connectivity index (χ2v) is 6.74. The highest BCUT2D eigenvalue weighted by atomic mass is 16.5. The van der Waals surface area contributed by atoms with Crippen LogP contribution in [0.4, 0.5) is 0 Å². The predicted octanol–water partition coefficient (Wildman–Crippen LogP) is 5.11. The van der Waals surface area contributed by atoms with Crippen LogP contribution in [0.3, 0.4) is 0 Å². The molecule has 140 valence electrons. The van der Waals surface area contributed by atoms with Gasteiger partial charge in [0.05, 0.1) is 12.7 Å². The molecule has 1 aliphatic heterocycles. The summed E-state index contributed by atoms with van der Waals surface area (Å²) in [4.78, 5) is 13.3. The highest BCUT2D eigenvalue weighted by molar-refractivity contribution is 6.14. The van der Waals surface area contributed by atoms with E-state index in [1.165, 1.54) is 12.1 Å². The molecule has 0 spiro atoms. The maximum Gasteiger partial charge on any atom is 0.196 e. The number of hydrogen-bond donors (Lipinski definition) is 1. The van der Waals surface area contributed by atoms with Crippen molar-refractivity contribution in [3.63, 3.8) is 0 Å². The Bertz CT molecular complexity index is 1060. The van der Waals surface area contributed by atoms with Crippen LogP contribution in [0.25, 0.3) is 6.08 Å². The lowest BCUT2D eigenvalue weighted by Crippen LogP contribution is -2.24. The van der Waals surface area contributed by atoms with Crippen molar-refractivity contribution in [2.75, 3.05) is 7.11 Å². The first-order valence-corrected chi connectivity index (χ1v) is 9.02. The Morgan fingerprint density at radius 1 is 1.04 bits per heavy atom. The molecular weight excluding hydrogens is 352 g/mol. The number of fused-ring (bicyclic) bond motifs is 1. The van der Waals surface area contributed by atoms with Gasteiger partial charge in [-0.15, -0.1) is 0 Å². The van der Waals surface area contributed by atoms with E-state index in [4.69, 9.17) is 9.47 Å². The summed E-state index contributed by atoms with van der Waals surface area (Å²) in [6, 6.07) is 20.0. The second-order valence-electron chi connectivity index (χ2n) is 6.74. The van der Waals surface area contributed by atoms with Gasteiger partial charge in [0.2, 0.25) is 0 Å². The molecule has 0 saturated carbocycles. The van der Waals surface area contributed by atoms with Gasteiger partial charge in [-0.2, -0.15) is 0 Å². The number of hydrogen-bond acceptors (Lipinski definition) is 4. The number of aromatic hydroxyl groups is 1. The molecule has 3 aromatic rings. The van der Waals surface area contributed by atoms with Gasteiger partial charge in [-0.3, -0.25) is 4.79 Å². The molecule has 1 atom stereocenters. The van der Waals surface area contributed by atoms with E-state index >= 15 is 0 Å². The van der Waals surface area contributed by atoms with Gasteiger partial charge >= 0.3 is 0 Å². The number of ketones is 1. The molecule has 0 bridgehead atoms. The third-order valence-corrected chi connectivity index (χ3v) is 4.91. The van der Waals surface area contributed by atoms with E-state index in [1.54, 1.807) is 13.2 Å². The van der Waals surface area contributed by atoms with Gasteiger partial charge < -0.3 is 14.6 Å². The van der Waals surface area contributed by atoms with Crippen LogP contribution in [-0.2, 0) is 0 Å². The molecule has 4 heteroatoms. The van der Waals surface area contributed by atoms with Crippen LogP contribution in [-0.4, -0.2) is 18.0 Å². The fraction of sp³-hybridized carbons (Fsp3) is 0.125. The van der Waals surface area contributed by atoms with E-state index in [2.05, 4.69) is 0 Å². The molecule has 1 aliphatic rings. The number of benzene rings is 3. The summed E-state index contributed by atoms with van der Waals surface area (Å²) in [7, 11) is 1.61.